The lowest BCUT2D eigenvalue weighted by Gasteiger charge is -2.05. The molecule has 0 spiro atoms. The summed E-state index contributed by atoms with van der Waals surface area (Å²) in [6.07, 6.45) is 11.4. The van der Waals surface area contributed by atoms with E-state index in [2.05, 4.69) is 20.1 Å². The molecule has 0 saturated carbocycles. The first-order chi connectivity index (χ1) is 11.8. The molecule has 4 heterocycles. The molecule has 118 valence electrons. The van der Waals surface area contributed by atoms with Crippen LogP contribution in [-0.4, -0.2) is 31.7 Å². The maximum Gasteiger partial charge on any atom is 0.159 e. The topological polar surface area (TPSA) is 65.2 Å². The van der Waals surface area contributed by atoms with Crippen molar-refractivity contribution in [3.63, 3.8) is 0 Å². The van der Waals surface area contributed by atoms with E-state index in [1.54, 1.807) is 25.7 Å². The van der Waals surface area contributed by atoms with Crippen molar-refractivity contribution in [2.45, 2.75) is 6.42 Å². The Balaban J connectivity index is 1.75. The molecular formula is C18H15N5O. The van der Waals surface area contributed by atoms with E-state index in [1.165, 1.54) is 0 Å². The monoisotopic (exact) mass is 317 g/mol. The maximum atomic E-state index is 5.23. The first-order valence-electron chi connectivity index (χ1n) is 7.55. The number of nitrogens with zero attached hydrogens (tertiary/aromatic N) is 5. The lowest BCUT2D eigenvalue weighted by molar-refractivity contribution is 0.412. The second kappa shape index (κ2) is 6.08. The number of methoxy groups -OCH3 is 1. The fourth-order valence-corrected chi connectivity index (χ4v) is 2.69. The van der Waals surface area contributed by atoms with Crippen molar-refractivity contribution in [3.05, 3.63) is 72.6 Å². The van der Waals surface area contributed by atoms with Gasteiger partial charge >= 0.3 is 0 Å². The van der Waals surface area contributed by atoms with E-state index in [-0.39, 0.29) is 0 Å². The van der Waals surface area contributed by atoms with E-state index in [4.69, 9.17) is 4.74 Å². The molecule has 0 bridgehead atoms. The Bertz CT molecular complexity index is 981. The Morgan fingerprint density at radius 2 is 2.00 bits per heavy atom. The quantitative estimate of drug-likeness (QED) is 0.579. The van der Waals surface area contributed by atoms with Crippen LogP contribution in [0.3, 0.4) is 0 Å². The zero-order chi connectivity index (χ0) is 16.4. The molecule has 0 aromatic carbocycles. The Hall–Kier alpha value is -3.28. The molecule has 0 radical (unpaired) electrons. The third-order valence-corrected chi connectivity index (χ3v) is 3.83. The van der Waals surface area contributed by atoms with Crippen molar-refractivity contribution in [2.75, 3.05) is 7.11 Å². The largest absolute Gasteiger partial charge is 0.495 e. The number of pyridine rings is 2. The number of aromatic nitrogens is 5. The smallest absolute Gasteiger partial charge is 0.159 e. The minimum Gasteiger partial charge on any atom is -0.495 e. The molecule has 0 unspecified atom stereocenters. The maximum absolute atomic E-state index is 5.23. The molecule has 0 aliphatic rings. The van der Waals surface area contributed by atoms with Crippen molar-refractivity contribution in [3.8, 4) is 17.0 Å². The summed E-state index contributed by atoms with van der Waals surface area (Å²) >= 11 is 0. The normalized spacial score (nSPS) is 10.9. The van der Waals surface area contributed by atoms with Gasteiger partial charge in [-0.05, 0) is 29.8 Å². The molecule has 6 heteroatoms. The summed E-state index contributed by atoms with van der Waals surface area (Å²) < 4.78 is 7.08. The average Bonchev–Trinajstić information content (AvgIpc) is 3.05. The molecule has 24 heavy (non-hydrogen) atoms. The molecule has 0 saturated heterocycles. The van der Waals surface area contributed by atoms with Gasteiger partial charge in [-0.2, -0.15) is 5.10 Å². The van der Waals surface area contributed by atoms with E-state index in [0.717, 1.165) is 33.8 Å². The highest BCUT2D eigenvalue weighted by Gasteiger charge is 2.11. The van der Waals surface area contributed by atoms with Crippen LogP contribution < -0.4 is 4.74 Å². The molecule has 4 aromatic heterocycles. The molecule has 4 rings (SSSR count). The van der Waals surface area contributed by atoms with Crippen molar-refractivity contribution in [1.82, 2.24) is 24.6 Å². The van der Waals surface area contributed by atoms with Gasteiger partial charge in [-0.3, -0.25) is 9.97 Å². The van der Waals surface area contributed by atoms with Crippen LogP contribution in [0.25, 0.3) is 16.9 Å². The highest BCUT2D eigenvalue weighted by Crippen LogP contribution is 2.22. The van der Waals surface area contributed by atoms with Crippen LogP contribution in [-0.2, 0) is 6.42 Å². The van der Waals surface area contributed by atoms with E-state index in [1.807, 2.05) is 47.4 Å². The molecule has 0 atom stereocenters. The molecule has 6 nitrogen and oxygen atoms in total. The SMILES string of the molecule is COc1cncc(Cc2cnn3c(-c4cccnc4)ccnc23)c1. The third-order valence-electron chi connectivity index (χ3n) is 3.83. The fraction of sp³-hybridized carbons (Fsp3) is 0.111. The Morgan fingerprint density at radius 3 is 2.83 bits per heavy atom. The van der Waals surface area contributed by atoms with Crippen LogP contribution in [0.2, 0.25) is 0 Å². The van der Waals surface area contributed by atoms with Gasteiger partial charge < -0.3 is 4.74 Å². The first-order valence-corrected chi connectivity index (χ1v) is 7.55. The molecule has 0 amide bonds. The summed E-state index contributed by atoms with van der Waals surface area (Å²) in [6, 6.07) is 7.83. The van der Waals surface area contributed by atoms with Crippen LogP contribution in [0.1, 0.15) is 11.1 Å². The standard InChI is InChI=1S/C18H15N5O/c1-24-16-8-13(9-20-12-16)7-15-11-22-23-17(4-6-21-18(15)23)14-3-2-5-19-10-14/h2-6,8-12H,7H2,1H3. The summed E-state index contributed by atoms with van der Waals surface area (Å²) in [6.45, 7) is 0. The van der Waals surface area contributed by atoms with E-state index >= 15 is 0 Å². The van der Waals surface area contributed by atoms with Crippen LogP contribution in [0.4, 0.5) is 0 Å². The zero-order valence-electron chi connectivity index (χ0n) is 13.1. The lowest BCUT2D eigenvalue weighted by Crippen LogP contribution is -1.97. The minimum absolute atomic E-state index is 0.692. The van der Waals surface area contributed by atoms with Gasteiger partial charge in [-0.25, -0.2) is 9.50 Å². The molecule has 0 aliphatic carbocycles. The predicted octanol–water partition coefficient (Wildman–Crippen LogP) is 2.79. The van der Waals surface area contributed by atoms with Gasteiger partial charge in [-0.1, -0.05) is 0 Å². The predicted molar refractivity (Wildman–Crippen MR) is 89.8 cm³/mol. The summed E-state index contributed by atoms with van der Waals surface area (Å²) in [4.78, 5) is 12.9. The summed E-state index contributed by atoms with van der Waals surface area (Å²) in [7, 11) is 1.64. The summed E-state index contributed by atoms with van der Waals surface area (Å²) in [5, 5.41) is 4.51. The van der Waals surface area contributed by atoms with Gasteiger partial charge in [-0.15, -0.1) is 0 Å². The Labute approximate surface area is 138 Å². The van der Waals surface area contributed by atoms with Crippen molar-refractivity contribution in [2.24, 2.45) is 0 Å². The Kier molecular flexibility index (Phi) is 3.63. The van der Waals surface area contributed by atoms with Gasteiger partial charge in [0.15, 0.2) is 5.65 Å². The van der Waals surface area contributed by atoms with E-state index in [9.17, 15) is 0 Å². The average molecular weight is 317 g/mol. The number of ether oxygens (including phenoxy) is 1. The number of hydrogen-bond donors (Lipinski definition) is 0. The number of hydrogen-bond acceptors (Lipinski definition) is 5. The van der Waals surface area contributed by atoms with Crippen LogP contribution in [0.5, 0.6) is 5.75 Å². The fourth-order valence-electron chi connectivity index (χ4n) is 2.69. The van der Waals surface area contributed by atoms with Crippen molar-refractivity contribution < 1.29 is 4.74 Å². The van der Waals surface area contributed by atoms with Gasteiger partial charge in [0.25, 0.3) is 0 Å². The lowest BCUT2D eigenvalue weighted by atomic mass is 10.1. The first kappa shape index (κ1) is 14.3. The summed E-state index contributed by atoms with van der Waals surface area (Å²) in [5.41, 5.74) is 4.89. The minimum atomic E-state index is 0.692. The van der Waals surface area contributed by atoms with Gasteiger partial charge in [0.05, 0.1) is 25.2 Å². The highest BCUT2D eigenvalue weighted by molar-refractivity contribution is 5.63. The zero-order valence-corrected chi connectivity index (χ0v) is 13.1. The second-order valence-electron chi connectivity index (χ2n) is 5.39. The van der Waals surface area contributed by atoms with Crippen LogP contribution in [0, 0.1) is 0 Å². The van der Waals surface area contributed by atoms with Gasteiger partial charge in [0, 0.05) is 42.3 Å². The molecular weight excluding hydrogens is 302 g/mol. The Morgan fingerprint density at radius 1 is 1.04 bits per heavy atom. The van der Waals surface area contributed by atoms with Crippen LogP contribution in [0.15, 0.2) is 61.4 Å². The highest BCUT2D eigenvalue weighted by atomic mass is 16.5. The second-order valence-corrected chi connectivity index (χ2v) is 5.39. The molecule has 0 N–H and O–H groups in total. The number of fused-ring (bicyclic) bond motifs is 1. The van der Waals surface area contributed by atoms with Crippen molar-refractivity contribution in [1.29, 1.82) is 0 Å². The summed E-state index contributed by atoms with van der Waals surface area (Å²) in [5.74, 6) is 0.744. The van der Waals surface area contributed by atoms with E-state index < -0.39 is 0 Å². The van der Waals surface area contributed by atoms with Gasteiger partial charge in [0.2, 0.25) is 0 Å². The van der Waals surface area contributed by atoms with E-state index in [0.29, 0.717) is 6.42 Å². The van der Waals surface area contributed by atoms with Crippen molar-refractivity contribution >= 4 is 5.65 Å². The molecule has 0 fully saturated rings. The van der Waals surface area contributed by atoms with Crippen LogP contribution >= 0.6 is 0 Å². The molecule has 4 aromatic rings. The van der Waals surface area contributed by atoms with Gasteiger partial charge in [0.1, 0.15) is 5.75 Å². The molecule has 0 aliphatic heterocycles. The third kappa shape index (κ3) is 2.58. The number of rotatable bonds is 4.